The summed E-state index contributed by atoms with van der Waals surface area (Å²) in [5.74, 6) is -1.18. The summed E-state index contributed by atoms with van der Waals surface area (Å²) in [6.45, 7) is 8.07. The molecule has 1 aliphatic carbocycles. The molecule has 2 bridgehead atoms. The van der Waals surface area contributed by atoms with Crippen LogP contribution in [0.25, 0.3) is 0 Å². The fraction of sp³-hybridized carbons (Fsp3) is 0.741. The van der Waals surface area contributed by atoms with Gasteiger partial charge >= 0.3 is 13.2 Å². The summed E-state index contributed by atoms with van der Waals surface area (Å²) in [6.07, 6.45) is 9.40. The number of morpholine rings is 1. The number of hydrogen-bond donors (Lipinski definition) is 3. The van der Waals surface area contributed by atoms with Gasteiger partial charge in [-0.3, -0.25) is 9.69 Å². The molecule has 0 unspecified atom stereocenters. The number of rotatable bonds is 9. The van der Waals surface area contributed by atoms with Gasteiger partial charge in [0.25, 0.3) is 5.91 Å². The van der Waals surface area contributed by atoms with Gasteiger partial charge in [0.05, 0.1) is 24.2 Å². The lowest BCUT2D eigenvalue weighted by atomic mass is 9.76. The second-order valence-corrected chi connectivity index (χ2v) is 11.8. The number of carbonyl (C=O) groups is 2. The van der Waals surface area contributed by atoms with Gasteiger partial charge in [-0.2, -0.15) is 5.26 Å². The zero-order valence-corrected chi connectivity index (χ0v) is 22.8. The smallest absolute Gasteiger partial charge is 0.447 e. The van der Waals surface area contributed by atoms with Crippen molar-refractivity contribution in [3.63, 3.8) is 0 Å². The Labute approximate surface area is 225 Å². The summed E-state index contributed by atoms with van der Waals surface area (Å²) >= 11 is 0. The molecule has 0 aromatic rings. The molecule has 10 nitrogen and oxygen atoms in total. The van der Waals surface area contributed by atoms with Crippen LogP contribution in [0.2, 0.25) is 0 Å². The molecule has 3 N–H and O–H groups in total. The van der Waals surface area contributed by atoms with Crippen LogP contribution in [0.15, 0.2) is 23.3 Å². The van der Waals surface area contributed by atoms with E-state index < -0.39 is 30.2 Å². The maximum atomic E-state index is 13.7. The van der Waals surface area contributed by atoms with E-state index >= 15 is 0 Å². The number of carbonyl (C=O) groups excluding carboxylic acids is 2. The fourth-order valence-electron chi connectivity index (χ4n) is 6.51. The van der Waals surface area contributed by atoms with Gasteiger partial charge in [0.15, 0.2) is 0 Å². The minimum atomic E-state index is -1.70. The van der Waals surface area contributed by atoms with Crippen LogP contribution in [0.3, 0.4) is 0 Å². The zero-order valence-electron chi connectivity index (χ0n) is 22.8. The first-order chi connectivity index (χ1) is 18.0. The molecule has 3 heterocycles. The van der Waals surface area contributed by atoms with E-state index in [1.165, 1.54) is 0 Å². The molecule has 2 amide bonds. The van der Waals surface area contributed by atoms with Crippen LogP contribution in [0.5, 0.6) is 0 Å². The molecule has 0 radical (unpaired) electrons. The Hall–Kier alpha value is -2.39. The van der Waals surface area contributed by atoms with Crippen molar-refractivity contribution in [3.05, 3.63) is 23.3 Å². The van der Waals surface area contributed by atoms with E-state index in [0.29, 0.717) is 25.9 Å². The number of amides is 2. The summed E-state index contributed by atoms with van der Waals surface area (Å²) in [7, 11) is -1.70. The van der Waals surface area contributed by atoms with Crippen LogP contribution in [0.4, 0.5) is 4.79 Å². The minimum absolute atomic E-state index is 0.00108. The van der Waals surface area contributed by atoms with Gasteiger partial charge in [-0.15, -0.1) is 0 Å². The first-order valence-electron chi connectivity index (χ1n) is 13.9. The molecule has 3 saturated heterocycles. The van der Waals surface area contributed by atoms with E-state index in [-0.39, 0.29) is 30.2 Å². The molecule has 0 saturated carbocycles. The topological polar surface area (TPSA) is 135 Å². The van der Waals surface area contributed by atoms with Crippen LogP contribution in [-0.2, 0) is 14.3 Å². The predicted molar refractivity (Wildman–Crippen MR) is 142 cm³/mol. The highest BCUT2D eigenvalue weighted by Crippen LogP contribution is 2.47. The molecular weight excluding hydrogens is 487 g/mol. The largest absolute Gasteiger partial charge is 0.475 e. The van der Waals surface area contributed by atoms with Crippen molar-refractivity contribution in [2.45, 2.75) is 101 Å². The molecule has 38 heavy (non-hydrogen) atoms. The molecule has 3 fully saturated rings. The number of alkyl carbamates (subject to hydrolysis) is 1. The number of allylic oxidation sites excluding steroid dienone is 1. The highest BCUT2D eigenvalue weighted by atomic mass is 16.6. The third-order valence-electron chi connectivity index (χ3n) is 8.64. The Bertz CT molecular complexity index is 998. The van der Waals surface area contributed by atoms with Gasteiger partial charge < -0.3 is 29.7 Å². The summed E-state index contributed by atoms with van der Waals surface area (Å²) < 4.78 is 11.2. The standard InChI is InChI=1S/C27H41BN4O6/c1-19-17-31(12-13-37-19)26(2,3)15-21(16-29)24(33)32-22-8-10-27(32,11-9-22)18-38-25(34)30-23(28(35)36)14-20-6-4-5-7-20/h6,15,19,22-23,35-36H,4-5,7-14,17-18H2,1-3H3,(H,30,34)/t19-,22?,23+,27?/m1/s1. The SMILES string of the molecule is C[C@@H]1CN(C(C)(C)C=C(C#N)C(=O)N2C3CCC2(COC(=O)N[C@@H](CC2=CCCC2)B(O)O)CC3)CCO1. The first-order valence-corrected chi connectivity index (χ1v) is 13.9. The minimum Gasteiger partial charge on any atom is -0.447 e. The lowest BCUT2D eigenvalue weighted by Crippen LogP contribution is -2.53. The number of hydrogen-bond acceptors (Lipinski definition) is 8. The summed E-state index contributed by atoms with van der Waals surface area (Å²) in [5, 5.41) is 32.1. The molecule has 11 heteroatoms. The van der Waals surface area contributed by atoms with Crippen LogP contribution >= 0.6 is 0 Å². The Balaban J connectivity index is 1.42. The number of fused-ring (bicyclic) bond motifs is 2. The Morgan fingerprint density at radius 2 is 2.13 bits per heavy atom. The van der Waals surface area contributed by atoms with Crippen LogP contribution in [0, 0.1) is 11.3 Å². The summed E-state index contributed by atoms with van der Waals surface area (Å²) in [5.41, 5.74) is 0.0350. The second kappa shape index (κ2) is 11.8. The molecule has 4 rings (SSSR count). The average molecular weight is 528 g/mol. The van der Waals surface area contributed by atoms with E-state index in [1.807, 2.05) is 20.8 Å². The number of ether oxygens (including phenoxy) is 2. The second-order valence-electron chi connectivity index (χ2n) is 11.8. The molecular formula is C27H41BN4O6. The van der Waals surface area contributed by atoms with E-state index in [2.05, 4.69) is 22.4 Å². The number of nitrogens with one attached hydrogen (secondary N) is 1. The molecule has 3 aliphatic heterocycles. The molecule has 208 valence electrons. The molecule has 4 aliphatic rings. The molecule has 0 aromatic carbocycles. The van der Waals surface area contributed by atoms with Crippen molar-refractivity contribution in [1.29, 1.82) is 5.26 Å². The van der Waals surface area contributed by atoms with Crippen molar-refractivity contribution < 1.29 is 29.1 Å². The Morgan fingerprint density at radius 3 is 2.74 bits per heavy atom. The van der Waals surface area contributed by atoms with E-state index in [1.54, 1.807) is 11.0 Å². The summed E-state index contributed by atoms with van der Waals surface area (Å²) in [6, 6.07) is 2.15. The van der Waals surface area contributed by atoms with Crippen LogP contribution in [0.1, 0.15) is 72.1 Å². The van der Waals surface area contributed by atoms with E-state index in [4.69, 9.17) is 9.47 Å². The lowest BCUT2D eigenvalue weighted by Gasteiger charge is -2.41. The zero-order chi connectivity index (χ0) is 27.5. The molecule has 0 spiro atoms. The van der Waals surface area contributed by atoms with Crippen LogP contribution in [-0.4, -0.2) is 94.4 Å². The van der Waals surface area contributed by atoms with Crippen molar-refractivity contribution >= 4 is 19.1 Å². The fourth-order valence-corrected chi connectivity index (χ4v) is 6.51. The van der Waals surface area contributed by atoms with Gasteiger partial charge in [-0.25, -0.2) is 4.79 Å². The van der Waals surface area contributed by atoms with Gasteiger partial charge in [0, 0.05) is 24.7 Å². The monoisotopic (exact) mass is 528 g/mol. The van der Waals surface area contributed by atoms with Gasteiger partial charge in [0.2, 0.25) is 0 Å². The van der Waals surface area contributed by atoms with E-state index in [0.717, 1.165) is 50.8 Å². The molecule has 0 aromatic heterocycles. The Kier molecular flexibility index (Phi) is 8.87. The van der Waals surface area contributed by atoms with Gasteiger partial charge in [-0.1, -0.05) is 11.6 Å². The lowest BCUT2D eigenvalue weighted by molar-refractivity contribution is -0.132. The Morgan fingerprint density at radius 1 is 1.39 bits per heavy atom. The van der Waals surface area contributed by atoms with Crippen molar-refractivity contribution in [2.75, 3.05) is 26.3 Å². The van der Waals surface area contributed by atoms with Crippen LogP contribution < -0.4 is 5.32 Å². The molecule has 2 atom stereocenters. The van der Waals surface area contributed by atoms with Crippen molar-refractivity contribution in [3.8, 4) is 6.07 Å². The highest BCUT2D eigenvalue weighted by molar-refractivity contribution is 6.43. The van der Waals surface area contributed by atoms with Gasteiger partial charge in [0.1, 0.15) is 18.2 Å². The van der Waals surface area contributed by atoms with Gasteiger partial charge in [-0.05, 0) is 78.2 Å². The van der Waals surface area contributed by atoms with Crippen molar-refractivity contribution in [2.24, 2.45) is 0 Å². The summed E-state index contributed by atoms with van der Waals surface area (Å²) in [4.78, 5) is 30.4. The maximum absolute atomic E-state index is 13.7. The average Bonchev–Trinajstić information content (AvgIpc) is 3.61. The first kappa shape index (κ1) is 28.6. The van der Waals surface area contributed by atoms with Crippen molar-refractivity contribution in [1.82, 2.24) is 15.1 Å². The predicted octanol–water partition coefficient (Wildman–Crippen LogP) is 2.07. The number of nitriles is 1. The third-order valence-corrected chi connectivity index (χ3v) is 8.64. The third kappa shape index (κ3) is 6.25. The normalized spacial score (nSPS) is 28.6. The highest BCUT2D eigenvalue weighted by Gasteiger charge is 2.55. The quantitative estimate of drug-likeness (QED) is 0.179. The number of nitrogens with zero attached hydrogens (tertiary/aromatic N) is 3. The maximum Gasteiger partial charge on any atom is 0.475 e. The van der Waals surface area contributed by atoms with E-state index in [9.17, 15) is 24.9 Å².